The maximum absolute atomic E-state index is 6.28. The number of nitrogens with two attached hydrogens (primary N) is 1. The number of pyridine rings is 1. The van der Waals surface area contributed by atoms with Crippen LogP contribution in [-0.4, -0.2) is 4.98 Å². The van der Waals surface area contributed by atoms with Crippen LogP contribution in [-0.2, 0) is 6.54 Å². The zero-order valence-corrected chi connectivity index (χ0v) is 12.4. The molecular weight excluding hydrogens is 284 g/mol. The Hall–Kier alpha value is -2.10. The highest BCUT2D eigenvalue weighted by molar-refractivity contribution is 6.35. The Bertz CT molecular complexity index is 788. The van der Waals surface area contributed by atoms with Crippen LogP contribution in [0.15, 0.2) is 48.5 Å². The number of aromatic nitrogens is 1. The van der Waals surface area contributed by atoms with E-state index in [0.717, 1.165) is 27.8 Å². The van der Waals surface area contributed by atoms with Gasteiger partial charge in [0, 0.05) is 17.5 Å². The first kappa shape index (κ1) is 13.9. The second kappa shape index (κ2) is 5.72. The lowest BCUT2D eigenvalue weighted by molar-refractivity contribution is 0.458. The van der Waals surface area contributed by atoms with Gasteiger partial charge in [-0.15, -0.1) is 0 Å². The lowest BCUT2D eigenvalue weighted by Gasteiger charge is -2.11. The smallest absolute Gasteiger partial charge is 0.224 e. The van der Waals surface area contributed by atoms with E-state index in [-0.39, 0.29) is 0 Å². The van der Waals surface area contributed by atoms with E-state index in [1.54, 1.807) is 0 Å². The summed E-state index contributed by atoms with van der Waals surface area (Å²) in [4.78, 5) is 4.55. The van der Waals surface area contributed by atoms with Gasteiger partial charge < -0.3 is 10.5 Å². The predicted octanol–water partition coefficient (Wildman–Crippen LogP) is 4.45. The zero-order valence-electron chi connectivity index (χ0n) is 11.6. The van der Waals surface area contributed by atoms with Gasteiger partial charge in [-0.25, -0.2) is 4.98 Å². The number of para-hydroxylation sites is 1. The van der Waals surface area contributed by atoms with Crippen molar-refractivity contribution in [2.75, 3.05) is 0 Å². The Morgan fingerprint density at radius 1 is 1.14 bits per heavy atom. The molecule has 0 aliphatic heterocycles. The predicted molar refractivity (Wildman–Crippen MR) is 85.9 cm³/mol. The lowest BCUT2D eigenvalue weighted by atomic mass is 10.1. The molecule has 1 heterocycles. The Labute approximate surface area is 128 Å². The highest BCUT2D eigenvalue weighted by Crippen LogP contribution is 2.30. The van der Waals surface area contributed by atoms with Crippen LogP contribution in [0.1, 0.15) is 11.1 Å². The minimum absolute atomic E-state index is 0.358. The number of benzene rings is 2. The van der Waals surface area contributed by atoms with E-state index in [0.29, 0.717) is 17.4 Å². The van der Waals surface area contributed by atoms with Crippen LogP contribution in [0.25, 0.3) is 10.9 Å². The molecule has 3 rings (SSSR count). The normalized spacial score (nSPS) is 10.8. The van der Waals surface area contributed by atoms with Gasteiger partial charge in [-0.3, -0.25) is 0 Å². The van der Waals surface area contributed by atoms with Gasteiger partial charge in [-0.05, 0) is 42.8 Å². The minimum atomic E-state index is 0.358. The Morgan fingerprint density at radius 3 is 2.62 bits per heavy atom. The fourth-order valence-electron chi connectivity index (χ4n) is 2.25. The Kier molecular flexibility index (Phi) is 3.78. The lowest BCUT2D eigenvalue weighted by Crippen LogP contribution is -2.02. The number of rotatable bonds is 3. The van der Waals surface area contributed by atoms with Crippen molar-refractivity contribution in [1.29, 1.82) is 0 Å². The number of ether oxygens (including phenoxy) is 1. The summed E-state index contributed by atoms with van der Waals surface area (Å²) in [5, 5.41) is 1.59. The molecule has 2 aromatic carbocycles. The largest absolute Gasteiger partial charge is 0.439 e. The number of nitrogens with zero attached hydrogens (tertiary/aromatic N) is 1. The van der Waals surface area contributed by atoms with Gasteiger partial charge in [-0.2, -0.15) is 0 Å². The van der Waals surface area contributed by atoms with Crippen LogP contribution < -0.4 is 10.5 Å². The molecule has 0 saturated heterocycles. The van der Waals surface area contributed by atoms with Crippen molar-refractivity contribution in [2.45, 2.75) is 13.5 Å². The van der Waals surface area contributed by atoms with Crippen molar-refractivity contribution in [2.24, 2.45) is 5.73 Å². The second-order valence-corrected chi connectivity index (χ2v) is 5.30. The molecule has 0 aliphatic carbocycles. The van der Waals surface area contributed by atoms with Crippen molar-refractivity contribution in [1.82, 2.24) is 4.98 Å². The average molecular weight is 299 g/mol. The summed E-state index contributed by atoms with van der Waals surface area (Å²) < 4.78 is 5.84. The number of aryl methyl sites for hydroxylation is 1. The molecule has 1 aromatic heterocycles. The highest BCUT2D eigenvalue weighted by atomic mass is 35.5. The van der Waals surface area contributed by atoms with E-state index in [1.165, 1.54) is 0 Å². The van der Waals surface area contributed by atoms with E-state index in [2.05, 4.69) is 4.98 Å². The molecule has 3 aromatic rings. The maximum atomic E-state index is 6.28. The van der Waals surface area contributed by atoms with Gasteiger partial charge in [0.05, 0.1) is 10.5 Å². The van der Waals surface area contributed by atoms with E-state index in [4.69, 9.17) is 22.1 Å². The monoisotopic (exact) mass is 298 g/mol. The number of hydrogen-bond donors (Lipinski definition) is 1. The van der Waals surface area contributed by atoms with Crippen LogP contribution >= 0.6 is 11.6 Å². The number of hydrogen-bond acceptors (Lipinski definition) is 3. The van der Waals surface area contributed by atoms with Gasteiger partial charge in [0.25, 0.3) is 0 Å². The standard InChI is InChI=1S/C17H15ClN2O/c1-11-7-12-9-13(10-19)17(20-16(12)15(18)8-11)21-14-5-3-2-4-6-14/h2-9H,10,19H2,1H3. The van der Waals surface area contributed by atoms with Gasteiger partial charge in [0.1, 0.15) is 5.75 Å². The quantitative estimate of drug-likeness (QED) is 0.777. The van der Waals surface area contributed by atoms with Crippen molar-refractivity contribution in [3.63, 3.8) is 0 Å². The van der Waals surface area contributed by atoms with Gasteiger partial charge in [0.15, 0.2) is 0 Å². The molecule has 4 heteroatoms. The molecule has 2 N–H and O–H groups in total. The fourth-order valence-corrected chi connectivity index (χ4v) is 2.57. The number of halogens is 1. The molecule has 3 nitrogen and oxygen atoms in total. The molecule has 0 atom stereocenters. The van der Waals surface area contributed by atoms with E-state index >= 15 is 0 Å². The zero-order chi connectivity index (χ0) is 14.8. The van der Waals surface area contributed by atoms with Crippen LogP contribution in [0.4, 0.5) is 0 Å². The van der Waals surface area contributed by atoms with E-state index in [9.17, 15) is 0 Å². The van der Waals surface area contributed by atoms with Gasteiger partial charge in [0.2, 0.25) is 5.88 Å². The molecule has 0 saturated carbocycles. The first-order valence-electron chi connectivity index (χ1n) is 6.70. The van der Waals surface area contributed by atoms with Crippen LogP contribution in [0.2, 0.25) is 5.02 Å². The first-order chi connectivity index (χ1) is 10.2. The van der Waals surface area contributed by atoms with E-state index in [1.807, 2.05) is 55.5 Å². The first-order valence-corrected chi connectivity index (χ1v) is 7.08. The van der Waals surface area contributed by atoms with Crippen molar-refractivity contribution >= 4 is 22.5 Å². The minimum Gasteiger partial charge on any atom is -0.439 e. The van der Waals surface area contributed by atoms with Gasteiger partial charge in [-0.1, -0.05) is 29.8 Å². The molecule has 0 radical (unpaired) electrons. The molecule has 21 heavy (non-hydrogen) atoms. The molecule has 0 aliphatic rings. The summed E-state index contributed by atoms with van der Waals surface area (Å²) in [6.07, 6.45) is 0. The van der Waals surface area contributed by atoms with Crippen LogP contribution in [0.5, 0.6) is 11.6 Å². The fraction of sp³-hybridized carbons (Fsp3) is 0.118. The maximum Gasteiger partial charge on any atom is 0.224 e. The summed E-state index contributed by atoms with van der Waals surface area (Å²) in [7, 11) is 0. The molecular formula is C17H15ClN2O. The SMILES string of the molecule is Cc1cc(Cl)c2nc(Oc3ccccc3)c(CN)cc2c1. The van der Waals surface area contributed by atoms with Crippen molar-refractivity contribution < 1.29 is 4.74 Å². The van der Waals surface area contributed by atoms with Crippen molar-refractivity contribution in [3.05, 3.63) is 64.7 Å². The van der Waals surface area contributed by atoms with Crippen LogP contribution in [0, 0.1) is 6.92 Å². The molecule has 106 valence electrons. The summed E-state index contributed by atoms with van der Waals surface area (Å²) in [6, 6.07) is 15.4. The average Bonchev–Trinajstić information content (AvgIpc) is 2.48. The van der Waals surface area contributed by atoms with Gasteiger partial charge >= 0.3 is 0 Å². The Balaban J connectivity index is 2.13. The summed E-state index contributed by atoms with van der Waals surface area (Å²) in [6.45, 7) is 2.36. The van der Waals surface area contributed by atoms with Crippen LogP contribution in [0.3, 0.4) is 0 Å². The topological polar surface area (TPSA) is 48.1 Å². The molecule has 0 bridgehead atoms. The third-order valence-electron chi connectivity index (χ3n) is 3.23. The molecule has 0 fully saturated rings. The number of fused-ring (bicyclic) bond motifs is 1. The summed E-state index contributed by atoms with van der Waals surface area (Å²) >= 11 is 6.28. The summed E-state index contributed by atoms with van der Waals surface area (Å²) in [5.41, 5.74) is 8.49. The summed E-state index contributed by atoms with van der Waals surface area (Å²) in [5.74, 6) is 1.23. The highest BCUT2D eigenvalue weighted by Gasteiger charge is 2.11. The molecule has 0 amide bonds. The van der Waals surface area contributed by atoms with E-state index < -0.39 is 0 Å². The second-order valence-electron chi connectivity index (χ2n) is 4.89. The molecule has 0 unspecified atom stereocenters. The molecule has 0 spiro atoms. The Morgan fingerprint density at radius 2 is 1.90 bits per heavy atom. The third-order valence-corrected chi connectivity index (χ3v) is 3.52. The third kappa shape index (κ3) is 2.84. The van der Waals surface area contributed by atoms with Crippen molar-refractivity contribution in [3.8, 4) is 11.6 Å².